The molecule has 4 nitrogen and oxygen atoms in total. The van der Waals surface area contributed by atoms with Crippen LogP contribution in [-0.4, -0.2) is 20.6 Å². The number of aromatic carboxylic acids is 1. The van der Waals surface area contributed by atoms with E-state index in [1.165, 1.54) is 27.5 Å². The maximum absolute atomic E-state index is 11.7. The van der Waals surface area contributed by atoms with E-state index in [1.807, 2.05) is 12.1 Å². The number of hydrogen-bond acceptors (Lipinski definition) is 3. The molecule has 5 rings (SSSR count). The van der Waals surface area contributed by atoms with E-state index >= 15 is 0 Å². The summed E-state index contributed by atoms with van der Waals surface area (Å²) in [6.45, 7) is 4.93. The minimum atomic E-state index is -0.901. The van der Waals surface area contributed by atoms with Gasteiger partial charge in [0.05, 0.1) is 23.1 Å². The van der Waals surface area contributed by atoms with Gasteiger partial charge in [-0.25, -0.2) is 9.78 Å². The highest BCUT2D eigenvalue weighted by atomic mass is 32.2. The Morgan fingerprint density at radius 1 is 0.909 bits per heavy atom. The predicted octanol–water partition coefficient (Wildman–Crippen LogP) is 6.85. The van der Waals surface area contributed by atoms with E-state index in [-0.39, 0.29) is 0 Å². The molecule has 0 unspecified atom stereocenters. The monoisotopic (exact) mass is 452 g/mol. The lowest BCUT2D eigenvalue weighted by molar-refractivity contribution is 0.0696. The summed E-state index contributed by atoms with van der Waals surface area (Å²) < 4.78 is 2.26. The van der Waals surface area contributed by atoms with E-state index in [2.05, 4.69) is 73.0 Å². The van der Waals surface area contributed by atoms with Crippen LogP contribution >= 0.6 is 11.8 Å². The number of carboxylic acid groups (broad SMARTS) is 1. The number of nitrogens with zero attached hydrogens (tertiary/aromatic N) is 2. The number of imidazole rings is 1. The molecule has 0 aliphatic heterocycles. The summed E-state index contributed by atoms with van der Waals surface area (Å²) in [5.41, 5.74) is 6.88. The van der Waals surface area contributed by atoms with Crippen LogP contribution in [0.15, 0.2) is 84.0 Å². The van der Waals surface area contributed by atoms with E-state index in [9.17, 15) is 9.90 Å². The molecule has 0 aliphatic carbocycles. The average Bonchev–Trinajstić information content (AvgIpc) is 3.14. The topological polar surface area (TPSA) is 55.1 Å². The lowest BCUT2D eigenvalue weighted by atomic mass is 10.0. The van der Waals surface area contributed by atoms with Gasteiger partial charge >= 0.3 is 5.97 Å². The van der Waals surface area contributed by atoms with Crippen LogP contribution in [0.4, 0.5) is 0 Å². The van der Waals surface area contributed by atoms with Crippen molar-refractivity contribution in [1.29, 1.82) is 0 Å². The molecule has 0 atom stereocenters. The Morgan fingerprint density at radius 2 is 1.61 bits per heavy atom. The molecule has 0 saturated heterocycles. The molecule has 0 amide bonds. The van der Waals surface area contributed by atoms with Gasteiger partial charge in [0.15, 0.2) is 5.16 Å². The highest BCUT2D eigenvalue weighted by molar-refractivity contribution is 7.98. The Bertz CT molecular complexity index is 1500. The van der Waals surface area contributed by atoms with Crippen molar-refractivity contribution in [2.24, 2.45) is 0 Å². The fraction of sp³-hybridized carbons (Fsp3) is 0.143. The minimum Gasteiger partial charge on any atom is -0.478 e. The largest absolute Gasteiger partial charge is 0.478 e. The molecular formula is C28H24N2O2S. The maximum atomic E-state index is 11.7. The molecule has 33 heavy (non-hydrogen) atoms. The van der Waals surface area contributed by atoms with Crippen LogP contribution in [0, 0.1) is 13.8 Å². The first-order valence-electron chi connectivity index (χ1n) is 10.9. The van der Waals surface area contributed by atoms with Crippen molar-refractivity contribution < 1.29 is 9.90 Å². The van der Waals surface area contributed by atoms with Gasteiger partial charge in [0.1, 0.15) is 0 Å². The summed E-state index contributed by atoms with van der Waals surface area (Å²) in [4.78, 5) is 16.6. The van der Waals surface area contributed by atoms with Crippen LogP contribution in [0.5, 0.6) is 0 Å². The highest BCUT2D eigenvalue weighted by Crippen LogP contribution is 2.31. The molecule has 1 aromatic heterocycles. The van der Waals surface area contributed by atoms with E-state index in [1.54, 1.807) is 23.9 Å². The molecular weight excluding hydrogens is 428 g/mol. The van der Waals surface area contributed by atoms with Gasteiger partial charge in [-0.15, -0.1) is 0 Å². The Labute approximate surface area is 196 Å². The van der Waals surface area contributed by atoms with Crippen molar-refractivity contribution in [1.82, 2.24) is 9.55 Å². The number of thioether (sulfide) groups is 1. The second-order valence-corrected chi connectivity index (χ2v) is 9.24. The summed E-state index contributed by atoms with van der Waals surface area (Å²) in [7, 11) is 0. The summed E-state index contributed by atoms with van der Waals surface area (Å²) in [6.07, 6.45) is 0. The second kappa shape index (κ2) is 8.75. The molecule has 164 valence electrons. The minimum absolute atomic E-state index is 0.341. The average molecular weight is 453 g/mol. The normalized spacial score (nSPS) is 11.3. The summed E-state index contributed by atoms with van der Waals surface area (Å²) in [6, 6.07) is 26.4. The van der Waals surface area contributed by atoms with E-state index in [4.69, 9.17) is 4.98 Å². The SMILES string of the molecule is Cc1cc2nc(SCc3ccccc3C(=O)O)n(Cc3cccc4ccccc34)c2cc1C. The van der Waals surface area contributed by atoms with Crippen LogP contribution in [0.1, 0.15) is 32.6 Å². The van der Waals surface area contributed by atoms with Crippen molar-refractivity contribution in [3.05, 3.63) is 107 Å². The van der Waals surface area contributed by atoms with Crippen LogP contribution in [-0.2, 0) is 12.3 Å². The number of benzene rings is 4. The standard InChI is InChI=1S/C28H24N2O2S/c1-18-14-25-26(15-19(18)2)30(16-21-11-7-10-20-8-3-5-12-23(20)21)28(29-25)33-17-22-9-4-6-13-24(22)27(31)32/h3-15H,16-17H2,1-2H3,(H,31,32). The number of carboxylic acids is 1. The smallest absolute Gasteiger partial charge is 0.335 e. The first kappa shape index (κ1) is 21.3. The Hall–Kier alpha value is -3.57. The van der Waals surface area contributed by atoms with Crippen LogP contribution in [0.3, 0.4) is 0 Å². The maximum Gasteiger partial charge on any atom is 0.335 e. The number of hydrogen-bond donors (Lipinski definition) is 1. The van der Waals surface area contributed by atoms with E-state index < -0.39 is 5.97 Å². The summed E-state index contributed by atoms with van der Waals surface area (Å²) in [5, 5.41) is 12.9. The zero-order chi connectivity index (χ0) is 22.9. The third-order valence-electron chi connectivity index (χ3n) is 6.14. The zero-order valence-electron chi connectivity index (χ0n) is 18.6. The van der Waals surface area contributed by atoms with Gasteiger partial charge in [0, 0.05) is 5.75 Å². The lowest BCUT2D eigenvalue weighted by Gasteiger charge is -2.13. The first-order valence-corrected chi connectivity index (χ1v) is 11.9. The quantitative estimate of drug-likeness (QED) is 0.286. The number of carbonyl (C=O) groups is 1. The molecule has 0 aliphatic rings. The van der Waals surface area contributed by atoms with Gasteiger partial charge in [0.25, 0.3) is 0 Å². The van der Waals surface area contributed by atoms with Crippen molar-refractivity contribution in [3.63, 3.8) is 0 Å². The van der Waals surface area contributed by atoms with Gasteiger partial charge in [-0.1, -0.05) is 72.4 Å². The second-order valence-electron chi connectivity index (χ2n) is 8.29. The van der Waals surface area contributed by atoms with Crippen LogP contribution in [0.2, 0.25) is 0 Å². The van der Waals surface area contributed by atoms with Crippen molar-refractivity contribution >= 4 is 39.5 Å². The van der Waals surface area contributed by atoms with E-state index in [0.29, 0.717) is 17.9 Å². The van der Waals surface area contributed by atoms with Gasteiger partial charge in [0.2, 0.25) is 0 Å². The van der Waals surface area contributed by atoms with Crippen molar-refractivity contribution in [2.75, 3.05) is 0 Å². The summed E-state index contributed by atoms with van der Waals surface area (Å²) in [5.74, 6) is -0.360. The molecule has 0 spiro atoms. The molecule has 5 heteroatoms. The number of aromatic nitrogens is 2. The zero-order valence-corrected chi connectivity index (χ0v) is 19.4. The molecule has 0 saturated carbocycles. The molecule has 1 heterocycles. The van der Waals surface area contributed by atoms with Crippen molar-refractivity contribution in [2.45, 2.75) is 31.3 Å². The number of rotatable bonds is 6. The third-order valence-corrected chi connectivity index (χ3v) is 7.17. The van der Waals surface area contributed by atoms with Gasteiger partial charge < -0.3 is 9.67 Å². The Balaban J connectivity index is 1.59. The van der Waals surface area contributed by atoms with Gasteiger partial charge in [-0.2, -0.15) is 0 Å². The lowest BCUT2D eigenvalue weighted by Crippen LogP contribution is -2.04. The fourth-order valence-corrected chi connectivity index (χ4v) is 5.24. The first-order chi connectivity index (χ1) is 16.0. The van der Waals surface area contributed by atoms with Crippen LogP contribution in [0.25, 0.3) is 21.8 Å². The van der Waals surface area contributed by atoms with Gasteiger partial charge in [-0.05, 0) is 65.1 Å². The summed E-state index contributed by atoms with van der Waals surface area (Å²) >= 11 is 1.58. The molecule has 1 N–H and O–H groups in total. The Kier molecular flexibility index (Phi) is 5.65. The molecule has 4 aromatic carbocycles. The van der Waals surface area contributed by atoms with Crippen molar-refractivity contribution in [3.8, 4) is 0 Å². The Morgan fingerprint density at radius 3 is 2.45 bits per heavy atom. The highest BCUT2D eigenvalue weighted by Gasteiger charge is 2.16. The third kappa shape index (κ3) is 4.12. The molecule has 0 bridgehead atoms. The van der Waals surface area contributed by atoms with Crippen LogP contribution < -0.4 is 0 Å². The molecule has 5 aromatic rings. The number of fused-ring (bicyclic) bond motifs is 2. The fourth-order valence-electron chi connectivity index (χ4n) is 4.22. The molecule has 0 radical (unpaired) electrons. The van der Waals surface area contributed by atoms with Gasteiger partial charge in [-0.3, -0.25) is 0 Å². The van der Waals surface area contributed by atoms with E-state index in [0.717, 1.165) is 21.8 Å². The predicted molar refractivity (Wildman–Crippen MR) is 135 cm³/mol. The number of aryl methyl sites for hydroxylation is 2. The molecule has 0 fully saturated rings.